The zero-order valence-electron chi connectivity index (χ0n) is 18.6. The zero-order chi connectivity index (χ0) is 20.9. The number of ether oxygens (including phenoxy) is 2. The van der Waals surface area contributed by atoms with Crippen molar-refractivity contribution in [2.45, 2.75) is 45.4 Å². The first-order chi connectivity index (χ1) is 13.9. The molecule has 1 N–H and O–H groups in total. The molecular formula is C22H36FIN4O2. The number of nitrogens with zero attached hydrogens (tertiary/aromatic N) is 3. The summed E-state index contributed by atoms with van der Waals surface area (Å²) in [5, 5.41) is 3.45. The van der Waals surface area contributed by atoms with E-state index in [0.29, 0.717) is 13.1 Å². The van der Waals surface area contributed by atoms with Gasteiger partial charge in [0, 0.05) is 31.7 Å². The van der Waals surface area contributed by atoms with Crippen molar-refractivity contribution in [3.63, 3.8) is 0 Å². The van der Waals surface area contributed by atoms with Crippen LogP contribution >= 0.6 is 24.0 Å². The van der Waals surface area contributed by atoms with Gasteiger partial charge >= 0.3 is 0 Å². The third kappa shape index (κ3) is 6.77. The maximum atomic E-state index is 13.3. The van der Waals surface area contributed by atoms with Crippen LogP contribution in [0.1, 0.15) is 39.4 Å². The third-order valence-electron chi connectivity index (χ3n) is 5.62. The van der Waals surface area contributed by atoms with Crippen LogP contribution in [-0.4, -0.2) is 79.9 Å². The molecule has 0 saturated carbocycles. The van der Waals surface area contributed by atoms with Crippen molar-refractivity contribution < 1.29 is 13.9 Å². The van der Waals surface area contributed by atoms with Crippen LogP contribution in [0.3, 0.4) is 0 Å². The molecule has 170 valence electrons. The fourth-order valence-electron chi connectivity index (χ4n) is 3.95. The summed E-state index contributed by atoms with van der Waals surface area (Å²) in [5.74, 6) is 0.686. The van der Waals surface area contributed by atoms with E-state index in [1.165, 1.54) is 12.1 Å². The number of morpholine rings is 2. The standard InChI is InChI=1S/C22H35FN4O2.HI/c1-5-24-21(25-16-22(3,4)27-10-12-28-13-11-27)26-14-17(2)29-20(15-26)18-6-8-19(23)9-7-18;/h6-9,17,20H,5,10-16H2,1-4H3,(H,24,25);1H. The SMILES string of the molecule is CCNC(=NCC(C)(C)N1CCOCC1)N1CC(C)OC(c2ccc(F)cc2)C1.I. The molecule has 6 nitrogen and oxygen atoms in total. The fraction of sp³-hybridized carbons (Fsp3) is 0.682. The second-order valence-electron chi connectivity index (χ2n) is 8.47. The third-order valence-corrected chi connectivity index (χ3v) is 5.62. The average Bonchev–Trinajstić information content (AvgIpc) is 2.72. The van der Waals surface area contributed by atoms with E-state index in [2.05, 4.69) is 42.8 Å². The van der Waals surface area contributed by atoms with Gasteiger partial charge in [0.05, 0.1) is 32.4 Å². The quantitative estimate of drug-likeness (QED) is 0.357. The summed E-state index contributed by atoms with van der Waals surface area (Å²) < 4.78 is 24.9. The largest absolute Gasteiger partial charge is 0.379 e. The Morgan fingerprint density at radius 3 is 2.50 bits per heavy atom. The Labute approximate surface area is 197 Å². The minimum atomic E-state index is -0.227. The summed E-state index contributed by atoms with van der Waals surface area (Å²) in [6.45, 7) is 15.1. The van der Waals surface area contributed by atoms with Gasteiger partial charge in [-0.3, -0.25) is 9.89 Å². The van der Waals surface area contributed by atoms with Crippen LogP contribution < -0.4 is 5.32 Å². The predicted octanol–water partition coefficient (Wildman–Crippen LogP) is 3.28. The molecule has 0 bridgehead atoms. The van der Waals surface area contributed by atoms with Crippen molar-refractivity contribution in [3.8, 4) is 0 Å². The van der Waals surface area contributed by atoms with Crippen molar-refractivity contribution >= 4 is 29.9 Å². The first-order valence-corrected chi connectivity index (χ1v) is 10.7. The van der Waals surface area contributed by atoms with Gasteiger partial charge in [0.15, 0.2) is 5.96 Å². The van der Waals surface area contributed by atoms with Crippen LogP contribution in [0.15, 0.2) is 29.3 Å². The molecule has 2 atom stereocenters. The van der Waals surface area contributed by atoms with E-state index in [4.69, 9.17) is 14.5 Å². The minimum Gasteiger partial charge on any atom is -0.379 e. The summed E-state index contributed by atoms with van der Waals surface area (Å²) in [6, 6.07) is 6.60. The first-order valence-electron chi connectivity index (χ1n) is 10.7. The number of hydrogen-bond acceptors (Lipinski definition) is 4. The van der Waals surface area contributed by atoms with E-state index in [0.717, 1.165) is 50.9 Å². The minimum absolute atomic E-state index is 0. The van der Waals surface area contributed by atoms with Gasteiger partial charge in [-0.15, -0.1) is 24.0 Å². The highest BCUT2D eigenvalue weighted by Crippen LogP contribution is 2.26. The van der Waals surface area contributed by atoms with Crippen LogP contribution in [0.25, 0.3) is 0 Å². The van der Waals surface area contributed by atoms with Crippen molar-refractivity contribution in [3.05, 3.63) is 35.6 Å². The molecule has 30 heavy (non-hydrogen) atoms. The van der Waals surface area contributed by atoms with E-state index in [-0.39, 0.29) is 47.5 Å². The highest BCUT2D eigenvalue weighted by Gasteiger charge is 2.31. The van der Waals surface area contributed by atoms with Gasteiger partial charge in [-0.05, 0) is 45.4 Å². The molecule has 0 spiro atoms. The van der Waals surface area contributed by atoms with Crippen molar-refractivity contribution in [2.24, 2.45) is 4.99 Å². The van der Waals surface area contributed by atoms with Gasteiger partial charge in [0.2, 0.25) is 0 Å². The second kappa shape index (κ2) is 11.6. The Morgan fingerprint density at radius 2 is 1.87 bits per heavy atom. The molecular weight excluding hydrogens is 498 g/mol. The molecule has 1 aromatic carbocycles. The van der Waals surface area contributed by atoms with Crippen molar-refractivity contribution in [1.29, 1.82) is 0 Å². The topological polar surface area (TPSA) is 49.3 Å². The highest BCUT2D eigenvalue weighted by molar-refractivity contribution is 14.0. The Bertz CT molecular complexity index is 680. The lowest BCUT2D eigenvalue weighted by molar-refractivity contribution is -0.0606. The monoisotopic (exact) mass is 534 g/mol. The molecule has 0 aliphatic carbocycles. The maximum absolute atomic E-state index is 13.3. The van der Waals surface area contributed by atoms with Gasteiger partial charge in [-0.1, -0.05) is 12.1 Å². The normalized spacial score (nSPS) is 23.8. The molecule has 8 heteroatoms. The molecule has 2 aliphatic heterocycles. The summed E-state index contributed by atoms with van der Waals surface area (Å²) >= 11 is 0. The number of benzene rings is 1. The Morgan fingerprint density at radius 1 is 1.20 bits per heavy atom. The number of nitrogens with one attached hydrogen (secondary N) is 1. The van der Waals surface area contributed by atoms with Gasteiger partial charge in [0.1, 0.15) is 11.9 Å². The Balaban J connectivity index is 0.00000320. The number of aliphatic imine (C=N–C) groups is 1. The van der Waals surface area contributed by atoms with Crippen LogP contribution in [0, 0.1) is 5.82 Å². The van der Waals surface area contributed by atoms with E-state index in [1.54, 1.807) is 0 Å². The van der Waals surface area contributed by atoms with Gasteiger partial charge in [-0.2, -0.15) is 0 Å². The van der Waals surface area contributed by atoms with Crippen LogP contribution in [-0.2, 0) is 9.47 Å². The summed E-state index contributed by atoms with van der Waals surface area (Å²) in [6.07, 6.45) is -0.0367. The van der Waals surface area contributed by atoms with Crippen LogP contribution in [0.2, 0.25) is 0 Å². The van der Waals surface area contributed by atoms with E-state index in [9.17, 15) is 4.39 Å². The molecule has 1 aromatic rings. The molecule has 2 heterocycles. The Hall–Kier alpha value is -0.970. The van der Waals surface area contributed by atoms with Gasteiger partial charge in [0.25, 0.3) is 0 Å². The highest BCUT2D eigenvalue weighted by atomic mass is 127. The molecule has 2 saturated heterocycles. The molecule has 2 fully saturated rings. The lowest BCUT2D eigenvalue weighted by Crippen LogP contribution is -2.53. The smallest absolute Gasteiger partial charge is 0.194 e. The van der Waals surface area contributed by atoms with E-state index >= 15 is 0 Å². The lowest BCUT2D eigenvalue weighted by Gasteiger charge is -2.41. The van der Waals surface area contributed by atoms with Gasteiger partial charge in [-0.25, -0.2) is 4.39 Å². The van der Waals surface area contributed by atoms with E-state index < -0.39 is 0 Å². The van der Waals surface area contributed by atoms with Crippen LogP contribution in [0.4, 0.5) is 4.39 Å². The molecule has 0 aromatic heterocycles. The number of hydrogen-bond donors (Lipinski definition) is 1. The lowest BCUT2D eigenvalue weighted by atomic mass is 10.0. The summed E-state index contributed by atoms with van der Waals surface area (Å²) in [4.78, 5) is 9.71. The van der Waals surface area contributed by atoms with Crippen molar-refractivity contribution in [2.75, 3.05) is 52.5 Å². The summed E-state index contributed by atoms with van der Waals surface area (Å²) in [7, 11) is 0. The number of rotatable bonds is 5. The summed E-state index contributed by atoms with van der Waals surface area (Å²) in [5.41, 5.74) is 0.964. The number of guanidine groups is 1. The van der Waals surface area contributed by atoms with Crippen LogP contribution in [0.5, 0.6) is 0 Å². The molecule has 0 amide bonds. The Kier molecular flexibility index (Phi) is 9.77. The first kappa shape index (κ1) is 25.3. The van der Waals surface area contributed by atoms with E-state index in [1.807, 2.05) is 12.1 Å². The molecule has 3 rings (SSSR count). The maximum Gasteiger partial charge on any atom is 0.194 e. The molecule has 0 radical (unpaired) electrons. The zero-order valence-corrected chi connectivity index (χ0v) is 20.9. The second-order valence-corrected chi connectivity index (χ2v) is 8.47. The number of halogens is 2. The molecule has 2 unspecified atom stereocenters. The average molecular weight is 534 g/mol. The van der Waals surface area contributed by atoms with Crippen molar-refractivity contribution in [1.82, 2.24) is 15.1 Å². The predicted molar refractivity (Wildman–Crippen MR) is 129 cm³/mol. The fourth-order valence-corrected chi connectivity index (χ4v) is 3.95. The molecule has 2 aliphatic rings. The van der Waals surface area contributed by atoms with Gasteiger partial charge < -0.3 is 19.7 Å².